The van der Waals surface area contributed by atoms with Crippen molar-refractivity contribution in [3.8, 4) is 11.5 Å². The van der Waals surface area contributed by atoms with Crippen molar-refractivity contribution in [1.29, 1.82) is 0 Å². The minimum Gasteiger partial charge on any atom is -0.436 e. The minimum atomic E-state index is 0.154. The molecule has 100 valence electrons. The lowest BCUT2D eigenvalue weighted by Gasteiger charge is -2.07. The summed E-state index contributed by atoms with van der Waals surface area (Å²) < 4.78 is 5.71. The third-order valence-electron chi connectivity index (χ3n) is 2.77. The third kappa shape index (κ3) is 2.45. The van der Waals surface area contributed by atoms with Crippen LogP contribution < -0.4 is 11.1 Å². The Morgan fingerprint density at radius 3 is 2.80 bits per heavy atom. The summed E-state index contributed by atoms with van der Waals surface area (Å²) in [7, 11) is 0. The smallest absolute Gasteiger partial charge is 0.227 e. The van der Waals surface area contributed by atoms with E-state index in [0.29, 0.717) is 16.6 Å². The van der Waals surface area contributed by atoms with Crippen LogP contribution in [0, 0.1) is 0 Å². The number of benzene rings is 2. The predicted molar refractivity (Wildman–Crippen MR) is 84.9 cm³/mol. The van der Waals surface area contributed by atoms with E-state index in [4.69, 9.17) is 34.0 Å². The Hall–Kier alpha value is -2.11. The molecule has 2 aromatic carbocycles. The van der Waals surface area contributed by atoms with Crippen molar-refractivity contribution in [1.82, 2.24) is 4.98 Å². The molecule has 0 saturated heterocycles. The van der Waals surface area contributed by atoms with Gasteiger partial charge in [-0.05, 0) is 42.5 Å². The highest BCUT2D eigenvalue weighted by Crippen LogP contribution is 2.30. The van der Waals surface area contributed by atoms with Gasteiger partial charge in [-0.15, -0.1) is 0 Å². The fourth-order valence-corrected chi connectivity index (χ4v) is 2.16. The van der Waals surface area contributed by atoms with Crippen molar-refractivity contribution in [2.45, 2.75) is 0 Å². The highest BCUT2D eigenvalue weighted by molar-refractivity contribution is 7.80. The number of nitrogens with one attached hydrogen (secondary N) is 1. The Morgan fingerprint density at radius 1 is 1.25 bits per heavy atom. The number of rotatable bonds is 2. The van der Waals surface area contributed by atoms with E-state index in [2.05, 4.69) is 10.3 Å². The van der Waals surface area contributed by atoms with Crippen LogP contribution in [0.5, 0.6) is 0 Å². The molecular weight excluding hydrogens is 294 g/mol. The number of nitrogens with zero attached hydrogens (tertiary/aromatic N) is 1. The molecule has 0 aliphatic heterocycles. The zero-order chi connectivity index (χ0) is 14.1. The summed E-state index contributed by atoms with van der Waals surface area (Å²) in [6.45, 7) is 0. The minimum absolute atomic E-state index is 0.154. The van der Waals surface area contributed by atoms with Crippen molar-refractivity contribution < 1.29 is 4.42 Å². The normalized spacial score (nSPS) is 10.7. The fourth-order valence-electron chi connectivity index (χ4n) is 1.88. The molecule has 0 aliphatic rings. The van der Waals surface area contributed by atoms with Crippen LogP contribution >= 0.6 is 23.8 Å². The molecule has 0 unspecified atom stereocenters. The predicted octanol–water partition coefficient (Wildman–Crippen LogP) is 3.80. The molecule has 0 aliphatic carbocycles. The second-order valence-corrected chi connectivity index (χ2v) is 5.02. The molecule has 1 heterocycles. The zero-order valence-electron chi connectivity index (χ0n) is 10.3. The van der Waals surface area contributed by atoms with E-state index in [9.17, 15) is 0 Å². The van der Waals surface area contributed by atoms with E-state index in [1.54, 1.807) is 12.1 Å². The molecule has 6 heteroatoms. The first-order valence-corrected chi connectivity index (χ1v) is 6.64. The monoisotopic (exact) mass is 303 g/mol. The number of nitrogens with two attached hydrogens (primary N) is 1. The van der Waals surface area contributed by atoms with Crippen LogP contribution in [0.25, 0.3) is 22.6 Å². The fraction of sp³-hybridized carbons (Fsp3) is 0. The Kier molecular flexibility index (Phi) is 3.30. The van der Waals surface area contributed by atoms with E-state index >= 15 is 0 Å². The highest BCUT2D eigenvalue weighted by atomic mass is 35.5. The van der Waals surface area contributed by atoms with Crippen molar-refractivity contribution in [3.05, 3.63) is 47.5 Å². The van der Waals surface area contributed by atoms with Crippen LogP contribution in [0.3, 0.4) is 0 Å². The van der Waals surface area contributed by atoms with Gasteiger partial charge in [-0.2, -0.15) is 0 Å². The van der Waals surface area contributed by atoms with Crippen molar-refractivity contribution >= 4 is 45.7 Å². The molecule has 3 rings (SSSR count). The Balaban J connectivity index is 2.07. The summed E-state index contributed by atoms with van der Waals surface area (Å²) in [5, 5.41) is 3.50. The number of para-hydroxylation sites is 2. The molecule has 0 amide bonds. The van der Waals surface area contributed by atoms with Crippen LogP contribution in [0.15, 0.2) is 46.9 Å². The van der Waals surface area contributed by atoms with Crippen LogP contribution in [0.1, 0.15) is 0 Å². The molecule has 0 radical (unpaired) electrons. The maximum Gasteiger partial charge on any atom is 0.227 e. The molecule has 3 aromatic rings. The number of hydrogen-bond acceptors (Lipinski definition) is 3. The SMILES string of the molecule is NC(=S)Nc1cc(-c2nc3ccccc3o2)ccc1Cl. The second-order valence-electron chi connectivity index (χ2n) is 4.17. The van der Waals surface area contributed by atoms with Crippen molar-refractivity contribution in [2.75, 3.05) is 5.32 Å². The van der Waals surface area contributed by atoms with Crippen LogP contribution in [-0.2, 0) is 0 Å². The molecule has 1 aromatic heterocycles. The van der Waals surface area contributed by atoms with Gasteiger partial charge in [0.2, 0.25) is 5.89 Å². The summed E-state index contributed by atoms with van der Waals surface area (Å²) in [6, 6.07) is 13.0. The lowest BCUT2D eigenvalue weighted by Crippen LogP contribution is -2.19. The van der Waals surface area contributed by atoms with Crippen LogP contribution in [-0.4, -0.2) is 10.1 Å². The molecule has 3 N–H and O–H groups in total. The van der Waals surface area contributed by atoms with Gasteiger partial charge in [0, 0.05) is 5.56 Å². The van der Waals surface area contributed by atoms with Gasteiger partial charge in [0.05, 0.1) is 10.7 Å². The number of anilines is 1. The van der Waals surface area contributed by atoms with Gasteiger partial charge in [0.1, 0.15) is 5.52 Å². The van der Waals surface area contributed by atoms with Gasteiger partial charge in [-0.1, -0.05) is 23.7 Å². The van der Waals surface area contributed by atoms with Crippen molar-refractivity contribution in [2.24, 2.45) is 5.73 Å². The maximum absolute atomic E-state index is 6.08. The number of thiocarbonyl (C=S) groups is 1. The third-order valence-corrected chi connectivity index (χ3v) is 3.20. The lowest BCUT2D eigenvalue weighted by molar-refractivity contribution is 0.620. The van der Waals surface area contributed by atoms with E-state index in [1.165, 1.54) is 0 Å². The van der Waals surface area contributed by atoms with Gasteiger partial charge in [0.15, 0.2) is 10.7 Å². The second kappa shape index (κ2) is 5.11. The van der Waals surface area contributed by atoms with E-state index in [-0.39, 0.29) is 5.11 Å². The topological polar surface area (TPSA) is 64.1 Å². The number of aromatic nitrogens is 1. The van der Waals surface area contributed by atoms with Crippen LogP contribution in [0.2, 0.25) is 5.02 Å². The van der Waals surface area contributed by atoms with Gasteiger partial charge < -0.3 is 15.5 Å². The van der Waals surface area contributed by atoms with E-state index < -0.39 is 0 Å². The summed E-state index contributed by atoms with van der Waals surface area (Å²) in [6.07, 6.45) is 0. The molecule has 0 fully saturated rings. The number of hydrogen-bond donors (Lipinski definition) is 2. The molecule has 20 heavy (non-hydrogen) atoms. The summed E-state index contributed by atoms with van der Waals surface area (Å²) in [5.41, 5.74) is 8.43. The number of fused-ring (bicyclic) bond motifs is 1. The summed E-state index contributed by atoms with van der Waals surface area (Å²) in [4.78, 5) is 4.43. The summed E-state index contributed by atoms with van der Waals surface area (Å²) in [5.74, 6) is 0.522. The van der Waals surface area contributed by atoms with Gasteiger partial charge in [0.25, 0.3) is 0 Å². The van der Waals surface area contributed by atoms with Gasteiger partial charge in [-0.25, -0.2) is 4.98 Å². The standard InChI is InChI=1S/C14H10ClN3OS/c15-9-6-5-8(7-11(9)18-14(16)20)13-17-10-3-1-2-4-12(10)19-13/h1-7H,(H3,16,18,20). The summed E-state index contributed by atoms with van der Waals surface area (Å²) >= 11 is 10.9. The first-order valence-electron chi connectivity index (χ1n) is 5.85. The van der Waals surface area contributed by atoms with Crippen LogP contribution in [0.4, 0.5) is 5.69 Å². The van der Waals surface area contributed by atoms with Crippen molar-refractivity contribution in [3.63, 3.8) is 0 Å². The Bertz CT molecular complexity index is 767. The molecule has 0 bridgehead atoms. The zero-order valence-corrected chi connectivity index (χ0v) is 11.8. The Labute approximate surface area is 125 Å². The molecule has 4 nitrogen and oxygen atoms in total. The number of halogens is 1. The molecule has 0 saturated carbocycles. The largest absolute Gasteiger partial charge is 0.436 e. The van der Waals surface area contributed by atoms with E-state index in [0.717, 1.165) is 16.7 Å². The first-order chi connectivity index (χ1) is 9.63. The van der Waals surface area contributed by atoms with Gasteiger partial charge in [-0.3, -0.25) is 0 Å². The quantitative estimate of drug-likeness (QED) is 0.705. The lowest BCUT2D eigenvalue weighted by atomic mass is 10.2. The highest BCUT2D eigenvalue weighted by Gasteiger charge is 2.10. The molecule has 0 atom stereocenters. The number of oxazole rings is 1. The Morgan fingerprint density at radius 2 is 2.05 bits per heavy atom. The average molecular weight is 304 g/mol. The van der Waals surface area contributed by atoms with E-state index in [1.807, 2.05) is 30.3 Å². The maximum atomic E-state index is 6.08. The molecular formula is C14H10ClN3OS. The average Bonchev–Trinajstić information content (AvgIpc) is 2.84. The van der Waals surface area contributed by atoms with Gasteiger partial charge >= 0.3 is 0 Å². The first kappa shape index (κ1) is 12.9. The molecule has 0 spiro atoms.